The quantitative estimate of drug-likeness (QED) is 0.480. The van der Waals surface area contributed by atoms with Gasteiger partial charge in [0.05, 0.1) is 6.20 Å². The summed E-state index contributed by atoms with van der Waals surface area (Å²) in [6.07, 6.45) is 5.29. The van der Waals surface area contributed by atoms with Gasteiger partial charge in [-0.15, -0.1) is 0 Å². The molecular weight excluding hydrogens is 422 g/mol. The number of aliphatic hydroxyl groups is 1. The lowest BCUT2D eigenvalue weighted by Crippen LogP contribution is -2.47. The normalized spacial score (nSPS) is 21.9. The third-order valence-electron chi connectivity index (χ3n) is 6.77. The Kier molecular flexibility index (Phi) is 5.37. The van der Waals surface area contributed by atoms with Crippen LogP contribution in [0.2, 0.25) is 0 Å². The summed E-state index contributed by atoms with van der Waals surface area (Å²) in [5.74, 6) is 0.524. The molecule has 0 spiro atoms. The van der Waals surface area contributed by atoms with Crippen LogP contribution in [0.15, 0.2) is 36.5 Å². The SMILES string of the molecule is CNC(=O)Nc1ccc(-c2cnn3c(N)cc(C4CC5CCC(C4)N5C(=O)CO)nc23)cc1. The number of anilines is 2. The van der Waals surface area contributed by atoms with Crippen molar-refractivity contribution in [1.82, 2.24) is 24.8 Å². The predicted octanol–water partition coefficient (Wildman–Crippen LogP) is 1.96. The van der Waals surface area contributed by atoms with E-state index in [1.165, 1.54) is 0 Å². The maximum absolute atomic E-state index is 12.2. The standard InChI is InChI=1S/C23H27N7O3/c1-25-23(33)27-15-4-2-13(3-5-15)18-11-26-30-20(24)10-19(28-22(18)30)14-8-16-6-7-17(9-14)29(16)21(32)12-31/h2-5,10-11,14,16-17,31H,6-9,12,24H2,1H3,(H2,25,27,33). The number of nitrogen functional groups attached to an aromatic ring is 1. The summed E-state index contributed by atoms with van der Waals surface area (Å²) in [5.41, 5.74) is 10.4. The number of carbonyl (C=O) groups excluding carboxylic acids is 2. The van der Waals surface area contributed by atoms with Crippen LogP contribution in [0.4, 0.5) is 16.3 Å². The largest absolute Gasteiger partial charge is 0.387 e. The van der Waals surface area contributed by atoms with Crippen LogP contribution in [-0.4, -0.2) is 62.3 Å². The van der Waals surface area contributed by atoms with Crippen LogP contribution in [0.5, 0.6) is 0 Å². The number of nitrogens with one attached hydrogen (secondary N) is 2. The fourth-order valence-electron chi connectivity index (χ4n) is 5.25. The van der Waals surface area contributed by atoms with E-state index >= 15 is 0 Å². The summed E-state index contributed by atoms with van der Waals surface area (Å²) < 4.78 is 1.63. The summed E-state index contributed by atoms with van der Waals surface area (Å²) in [6, 6.07) is 9.35. The Hall–Kier alpha value is -3.66. The fourth-order valence-corrected chi connectivity index (χ4v) is 5.25. The highest BCUT2D eigenvalue weighted by Crippen LogP contribution is 2.43. The first-order valence-electron chi connectivity index (χ1n) is 11.1. The monoisotopic (exact) mass is 449 g/mol. The molecule has 5 rings (SSSR count). The Morgan fingerprint density at radius 2 is 1.88 bits per heavy atom. The molecule has 0 radical (unpaired) electrons. The van der Waals surface area contributed by atoms with Crippen molar-refractivity contribution in [2.45, 2.75) is 43.7 Å². The third-order valence-corrected chi connectivity index (χ3v) is 6.77. The maximum Gasteiger partial charge on any atom is 0.318 e. The molecule has 2 aromatic heterocycles. The van der Waals surface area contributed by atoms with Gasteiger partial charge >= 0.3 is 6.03 Å². The molecule has 2 saturated heterocycles. The van der Waals surface area contributed by atoms with E-state index in [1.807, 2.05) is 35.2 Å². The van der Waals surface area contributed by atoms with E-state index in [-0.39, 0.29) is 29.9 Å². The number of fused-ring (bicyclic) bond motifs is 3. The van der Waals surface area contributed by atoms with Gasteiger partial charge in [-0.1, -0.05) is 12.1 Å². The van der Waals surface area contributed by atoms with Gasteiger partial charge in [-0.2, -0.15) is 9.61 Å². The van der Waals surface area contributed by atoms with Crippen LogP contribution in [0.25, 0.3) is 16.8 Å². The van der Waals surface area contributed by atoms with E-state index in [4.69, 9.17) is 10.7 Å². The number of amides is 3. The van der Waals surface area contributed by atoms with Crippen molar-refractivity contribution < 1.29 is 14.7 Å². The summed E-state index contributed by atoms with van der Waals surface area (Å²) in [5, 5.41) is 19.0. The number of nitrogens with two attached hydrogens (primary N) is 1. The number of benzene rings is 1. The van der Waals surface area contributed by atoms with Gasteiger partial charge in [-0.05, 0) is 43.4 Å². The molecule has 3 amide bonds. The molecule has 2 unspecified atom stereocenters. The Labute approximate surface area is 190 Å². The summed E-state index contributed by atoms with van der Waals surface area (Å²) in [7, 11) is 1.57. The van der Waals surface area contributed by atoms with Gasteiger partial charge in [0.1, 0.15) is 12.4 Å². The minimum atomic E-state index is -0.439. The number of hydrogen-bond acceptors (Lipinski definition) is 6. The maximum atomic E-state index is 12.2. The summed E-state index contributed by atoms with van der Waals surface area (Å²) in [6.45, 7) is -0.439. The minimum Gasteiger partial charge on any atom is -0.387 e. The second kappa shape index (κ2) is 8.36. The van der Waals surface area contributed by atoms with Crippen LogP contribution >= 0.6 is 0 Å². The van der Waals surface area contributed by atoms with E-state index in [1.54, 1.807) is 17.8 Å². The molecule has 4 heterocycles. The van der Waals surface area contributed by atoms with Gasteiger partial charge in [0.15, 0.2) is 5.65 Å². The number of aromatic nitrogens is 3. The molecule has 0 aliphatic carbocycles. The molecule has 10 heteroatoms. The Morgan fingerprint density at radius 1 is 1.18 bits per heavy atom. The number of nitrogens with zero attached hydrogens (tertiary/aromatic N) is 4. The van der Waals surface area contributed by atoms with Crippen LogP contribution in [0.3, 0.4) is 0 Å². The molecule has 10 nitrogen and oxygen atoms in total. The highest BCUT2D eigenvalue weighted by molar-refractivity contribution is 5.89. The van der Waals surface area contributed by atoms with E-state index in [0.717, 1.165) is 42.5 Å². The van der Waals surface area contributed by atoms with Gasteiger partial charge in [0.25, 0.3) is 0 Å². The zero-order chi connectivity index (χ0) is 23.1. The van der Waals surface area contributed by atoms with E-state index in [9.17, 15) is 14.7 Å². The van der Waals surface area contributed by atoms with Crippen molar-refractivity contribution in [3.63, 3.8) is 0 Å². The van der Waals surface area contributed by atoms with Crippen LogP contribution in [0, 0.1) is 0 Å². The molecule has 2 bridgehead atoms. The zero-order valence-electron chi connectivity index (χ0n) is 18.4. The van der Waals surface area contributed by atoms with Crippen LogP contribution in [0.1, 0.15) is 37.3 Å². The molecule has 2 atom stereocenters. The zero-order valence-corrected chi connectivity index (χ0v) is 18.4. The summed E-state index contributed by atoms with van der Waals surface area (Å²) in [4.78, 5) is 30.5. The second-order valence-electron chi connectivity index (χ2n) is 8.69. The first-order chi connectivity index (χ1) is 16.0. The van der Waals surface area contributed by atoms with Crippen molar-refractivity contribution in [3.05, 3.63) is 42.2 Å². The van der Waals surface area contributed by atoms with Gasteiger partial charge < -0.3 is 26.4 Å². The van der Waals surface area contributed by atoms with Crippen molar-refractivity contribution in [3.8, 4) is 11.1 Å². The van der Waals surface area contributed by atoms with Crippen LogP contribution < -0.4 is 16.4 Å². The van der Waals surface area contributed by atoms with Gasteiger partial charge in [0.2, 0.25) is 5.91 Å². The van der Waals surface area contributed by atoms with Crippen LogP contribution in [-0.2, 0) is 4.79 Å². The predicted molar refractivity (Wildman–Crippen MR) is 124 cm³/mol. The van der Waals surface area contributed by atoms with Gasteiger partial charge in [-0.25, -0.2) is 9.78 Å². The van der Waals surface area contributed by atoms with E-state index in [2.05, 4.69) is 15.7 Å². The van der Waals surface area contributed by atoms with Gasteiger partial charge in [0, 0.05) is 48.1 Å². The van der Waals surface area contributed by atoms with E-state index in [0.29, 0.717) is 17.2 Å². The van der Waals surface area contributed by atoms with Crippen molar-refractivity contribution >= 4 is 29.1 Å². The molecule has 5 N–H and O–H groups in total. The minimum absolute atomic E-state index is 0.136. The fraction of sp³-hybridized carbons (Fsp3) is 0.391. The highest BCUT2D eigenvalue weighted by Gasteiger charge is 2.43. The number of rotatable bonds is 4. The smallest absolute Gasteiger partial charge is 0.318 e. The molecule has 2 aliphatic rings. The number of piperidine rings is 1. The molecule has 3 aromatic rings. The van der Waals surface area contributed by atoms with Crippen molar-refractivity contribution in [2.24, 2.45) is 0 Å². The third kappa shape index (κ3) is 3.76. The highest BCUT2D eigenvalue weighted by atomic mass is 16.3. The molecule has 0 saturated carbocycles. The molecule has 2 fully saturated rings. The Balaban J connectivity index is 1.44. The molecule has 172 valence electrons. The van der Waals surface area contributed by atoms with E-state index < -0.39 is 6.61 Å². The number of hydrogen-bond donors (Lipinski definition) is 4. The topological polar surface area (TPSA) is 138 Å². The van der Waals surface area contributed by atoms with Gasteiger partial charge in [-0.3, -0.25) is 4.79 Å². The molecular formula is C23H27N7O3. The lowest BCUT2D eigenvalue weighted by atomic mass is 9.87. The number of carbonyl (C=O) groups is 2. The first kappa shape index (κ1) is 21.2. The first-order valence-corrected chi connectivity index (χ1v) is 11.1. The molecule has 33 heavy (non-hydrogen) atoms. The van der Waals surface area contributed by atoms with Crippen molar-refractivity contribution in [2.75, 3.05) is 24.7 Å². The van der Waals surface area contributed by atoms with Crippen molar-refractivity contribution in [1.29, 1.82) is 0 Å². The second-order valence-corrected chi connectivity index (χ2v) is 8.69. The lowest BCUT2D eigenvalue weighted by molar-refractivity contribution is -0.138. The average Bonchev–Trinajstić information content (AvgIpc) is 3.37. The molecule has 1 aromatic carbocycles. The average molecular weight is 450 g/mol. The number of urea groups is 1. The lowest BCUT2D eigenvalue weighted by Gasteiger charge is -2.38. The Morgan fingerprint density at radius 3 is 2.52 bits per heavy atom. The summed E-state index contributed by atoms with van der Waals surface area (Å²) >= 11 is 0. The number of aliphatic hydroxyl groups excluding tert-OH is 1. The Bertz CT molecular complexity index is 1190. The molecule has 2 aliphatic heterocycles.